The lowest BCUT2D eigenvalue weighted by atomic mass is 10.0. The van der Waals surface area contributed by atoms with E-state index >= 15 is 0 Å². The van der Waals surface area contributed by atoms with Crippen LogP contribution in [0.3, 0.4) is 0 Å². The Labute approximate surface area is 183 Å². The van der Waals surface area contributed by atoms with Crippen LogP contribution in [0.25, 0.3) is 5.65 Å². The molecule has 2 aliphatic rings. The van der Waals surface area contributed by atoms with Crippen molar-refractivity contribution in [1.82, 2.24) is 24.9 Å². The number of hydrogen-bond donors (Lipinski definition) is 3. The van der Waals surface area contributed by atoms with Gasteiger partial charge in [-0.3, -0.25) is 9.72 Å². The van der Waals surface area contributed by atoms with Crippen molar-refractivity contribution < 1.29 is 13.6 Å². The zero-order chi connectivity index (χ0) is 22.2. The second-order valence-electron chi connectivity index (χ2n) is 8.38. The molecular weight excluding hydrogens is 418 g/mol. The number of urea groups is 1. The van der Waals surface area contributed by atoms with Crippen LogP contribution in [0.5, 0.6) is 0 Å². The summed E-state index contributed by atoms with van der Waals surface area (Å²) in [5, 5.41) is 13.7. The van der Waals surface area contributed by atoms with E-state index in [4.69, 9.17) is 5.73 Å². The molecule has 5 rings (SSSR count). The summed E-state index contributed by atoms with van der Waals surface area (Å²) in [6, 6.07) is 2.93. The molecule has 1 saturated heterocycles. The summed E-state index contributed by atoms with van der Waals surface area (Å²) < 4.78 is 29.8. The van der Waals surface area contributed by atoms with Crippen molar-refractivity contribution in [2.75, 3.05) is 16.8 Å². The van der Waals surface area contributed by atoms with E-state index in [1.165, 1.54) is 6.07 Å². The number of benzene rings is 1. The maximum atomic E-state index is 14.4. The first-order chi connectivity index (χ1) is 15.5. The Morgan fingerprint density at radius 3 is 2.88 bits per heavy atom. The summed E-state index contributed by atoms with van der Waals surface area (Å²) in [7, 11) is 0. The molecular formula is C21H24F2N8O. The highest BCUT2D eigenvalue weighted by atomic mass is 19.1. The number of nitrogens with two attached hydrogens (primary N) is 1. The summed E-state index contributed by atoms with van der Waals surface area (Å²) in [6.45, 7) is 0.645. The molecule has 11 heteroatoms. The van der Waals surface area contributed by atoms with E-state index in [9.17, 15) is 13.6 Å². The van der Waals surface area contributed by atoms with Gasteiger partial charge in [0, 0.05) is 24.2 Å². The second kappa shape index (κ2) is 8.30. The van der Waals surface area contributed by atoms with E-state index in [0.29, 0.717) is 30.0 Å². The normalized spacial score (nSPS) is 23.1. The molecule has 0 unspecified atom stereocenters. The Kier molecular flexibility index (Phi) is 5.33. The first-order valence-electron chi connectivity index (χ1n) is 10.7. The van der Waals surface area contributed by atoms with Gasteiger partial charge in [0.15, 0.2) is 5.65 Å². The fraction of sp³-hybridized carbons (Fsp3) is 0.429. The minimum absolute atomic E-state index is 0.0351. The largest absolute Gasteiger partial charge is 0.348 e. The van der Waals surface area contributed by atoms with E-state index in [-0.39, 0.29) is 30.1 Å². The van der Waals surface area contributed by atoms with Crippen LogP contribution >= 0.6 is 0 Å². The highest BCUT2D eigenvalue weighted by Gasteiger charge is 2.30. The summed E-state index contributed by atoms with van der Waals surface area (Å²) >= 11 is 0. The van der Waals surface area contributed by atoms with Gasteiger partial charge in [-0.1, -0.05) is 0 Å². The molecule has 2 fully saturated rings. The van der Waals surface area contributed by atoms with E-state index < -0.39 is 11.6 Å². The molecule has 1 aliphatic carbocycles. The maximum absolute atomic E-state index is 14.4. The zero-order valence-electron chi connectivity index (χ0n) is 17.3. The SMILES string of the molecule is N[C@H]1CC[C@@H](NC(=O)Nc2nnc3cnc(N4CCC[C@@H]4c4cc(F)ccc4F)cn23)C1. The highest BCUT2D eigenvalue weighted by molar-refractivity contribution is 5.88. The van der Waals surface area contributed by atoms with E-state index in [2.05, 4.69) is 25.8 Å². The van der Waals surface area contributed by atoms with Gasteiger partial charge in [-0.15, -0.1) is 10.2 Å². The van der Waals surface area contributed by atoms with Gasteiger partial charge in [0.25, 0.3) is 0 Å². The highest BCUT2D eigenvalue weighted by Crippen LogP contribution is 2.36. The Balaban J connectivity index is 1.38. The summed E-state index contributed by atoms with van der Waals surface area (Å²) in [6.07, 6.45) is 7.21. The minimum atomic E-state index is -0.476. The van der Waals surface area contributed by atoms with Crippen molar-refractivity contribution in [2.45, 2.75) is 50.2 Å². The predicted octanol–water partition coefficient (Wildman–Crippen LogP) is 2.75. The molecule has 1 saturated carbocycles. The fourth-order valence-electron chi connectivity index (χ4n) is 4.63. The van der Waals surface area contributed by atoms with Crippen LogP contribution in [0.15, 0.2) is 30.6 Å². The lowest BCUT2D eigenvalue weighted by Crippen LogP contribution is -2.37. The van der Waals surface area contributed by atoms with Crippen molar-refractivity contribution >= 4 is 23.4 Å². The molecule has 32 heavy (non-hydrogen) atoms. The smallest absolute Gasteiger partial charge is 0.321 e. The van der Waals surface area contributed by atoms with Crippen molar-refractivity contribution in [2.24, 2.45) is 5.73 Å². The van der Waals surface area contributed by atoms with Crippen LogP contribution in [0.1, 0.15) is 43.7 Å². The van der Waals surface area contributed by atoms with Crippen molar-refractivity contribution in [3.05, 3.63) is 47.8 Å². The molecule has 4 N–H and O–H groups in total. The topological polar surface area (TPSA) is 113 Å². The minimum Gasteiger partial charge on any atom is -0.348 e. The lowest BCUT2D eigenvalue weighted by molar-refractivity contribution is 0.248. The first-order valence-corrected chi connectivity index (χ1v) is 10.7. The lowest BCUT2D eigenvalue weighted by Gasteiger charge is -2.26. The number of nitrogens with one attached hydrogen (secondary N) is 2. The maximum Gasteiger partial charge on any atom is 0.321 e. The number of aromatic nitrogens is 4. The number of hydrogen-bond acceptors (Lipinski definition) is 6. The number of halogens is 2. The van der Waals surface area contributed by atoms with Gasteiger partial charge in [0.05, 0.1) is 18.4 Å². The Morgan fingerprint density at radius 1 is 1.19 bits per heavy atom. The Bertz CT molecular complexity index is 1150. The van der Waals surface area contributed by atoms with Gasteiger partial charge >= 0.3 is 6.03 Å². The number of fused-ring (bicyclic) bond motifs is 1. The van der Waals surface area contributed by atoms with Crippen LogP contribution in [0, 0.1) is 11.6 Å². The van der Waals surface area contributed by atoms with Crippen LogP contribution < -0.4 is 21.3 Å². The number of rotatable bonds is 4. The summed E-state index contributed by atoms with van der Waals surface area (Å²) in [5.41, 5.74) is 6.67. The second-order valence-corrected chi connectivity index (χ2v) is 8.38. The van der Waals surface area contributed by atoms with Crippen molar-refractivity contribution in [1.29, 1.82) is 0 Å². The molecule has 1 aliphatic heterocycles. The van der Waals surface area contributed by atoms with Gasteiger partial charge in [-0.05, 0) is 50.3 Å². The molecule has 3 heterocycles. The molecule has 0 radical (unpaired) electrons. The Morgan fingerprint density at radius 2 is 2.06 bits per heavy atom. The molecule has 2 amide bonds. The molecule has 1 aromatic carbocycles. The fourth-order valence-corrected chi connectivity index (χ4v) is 4.63. The molecule has 9 nitrogen and oxygen atoms in total. The predicted molar refractivity (Wildman–Crippen MR) is 114 cm³/mol. The molecule has 2 aromatic heterocycles. The number of carbonyl (C=O) groups is 1. The molecule has 0 spiro atoms. The monoisotopic (exact) mass is 442 g/mol. The quantitative estimate of drug-likeness (QED) is 0.573. The first kappa shape index (κ1) is 20.6. The Hall–Kier alpha value is -3.34. The van der Waals surface area contributed by atoms with Gasteiger partial charge in [0.1, 0.15) is 17.5 Å². The number of carbonyl (C=O) groups excluding carboxylic acids is 1. The average molecular weight is 442 g/mol. The van der Waals surface area contributed by atoms with Crippen LogP contribution in [0.4, 0.5) is 25.3 Å². The third-order valence-corrected chi connectivity index (χ3v) is 6.18. The van der Waals surface area contributed by atoms with Crippen molar-refractivity contribution in [3.8, 4) is 0 Å². The zero-order valence-corrected chi connectivity index (χ0v) is 17.3. The van der Waals surface area contributed by atoms with Crippen LogP contribution in [0.2, 0.25) is 0 Å². The van der Waals surface area contributed by atoms with E-state index in [0.717, 1.165) is 37.8 Å². The molecule has 0 bridgehead atoms. The van der Waals surface area contributed by atoms with Crippen molar-refractivity contribution in [3.63, 3.8) is 0 Å². The summed E-state index contributed by atoms with van der Waals surface area (Å²) in [4.78, 5) is 18.8. The third kappa shape index (κ3) is 3.95. The van der Waals surface area contributed by atoms with Crippen LogP contribution in [-0.4, -0.2) is 44.2 Å². The standard InChI is InChI=1S/C21H24F2N8O/c22-12-3-6-16(23)15(8-12)17-2-1-7-30(17)19-11-31-18(10-25-19)28-29-20(31)27-21(32)26-14-5-4-13(24)9-14/h3,6,8,10-11,13-14,17H,1-2,4-5,7,9,24H2,(H2,26,27,29,32)/t13-,14+,17+/m0/s1. The number of anilines is 2. The molecule has 168 valence electrons. The van der Waals surface area contributed by atoms with Gasteiger partial charge in [-0.25, -0.2) is 18.6 Å². The average Bonchev–Trinajstić information content (AvgIpc) is 3.50. The molecule has 3 atom stereocenters. The van der Waals surface area contributed by atoms with Gasteiger partial charge in [0.2, 0.25) is 5.95 Å². The van der Waals surface area contributed by atoms with Gasteiger partial charge in [-0.2, -0.15) is 0 Å². The summed E-state index contributed by atoms with van der Waals surface area (Å²) in [5.74, 6) is -0.111. The molecule has 3 aromatic rings. The number of nitrogens with zero attached hydrogens (tertiary/aromatic N) is 5. The van der Waals surface area contributed by atoms with E-state index in [1.54, 1.807) is 16.8 Å². The third-order valence-electron chi connectivity index (χ3n) is 6.18. The van der Waals surface area contributed by atoms with E-state index in [1.807, 2.05) is 4.90 Å². The number of amides is 2. The van der Waals surface area contributed by atoms with Crippen LogP contribution in [-0.2, 0) is 0 Å². The van der Waals surface area contributed by atoms with Gasteiger partial charge < -0.3 is 16.0 Å².